The quantitative estimate of drug-likeness (QED) is 0.0334. The second kappa shape index (κ2) is 57.0. The Balaban J connectivity index is 0.000000369. The van der Waals surface area contributed by atoms with Gasteiger partial charge in [0.05, 0.1) is 39.2 Å². The number of nitrogens with one attached hydrogen (secondary N) is 1. The number of unbranched alkanes of at least 4 members (excludes halogenated alkanes) is 2. The molecule has 739 valence electrons. The summed E-state index contributed by atoms with van der Waals surface area (Å²) in [5.74, 6) is -3.61. The number of rotatable bonds is 35. The first-order valence-electron chi connectivity index (χ1n) is 44.4. The van der Waals surface area contributed by atoms with E-state index in [2.05, 4.69) is 21.7 Å². The topological polar surface area (TPSA) is 450 Å². The molecule has 5 aromatic carbocycles. The molecule has 0 aromatic heterocycles. The third-order valence-corrected chi connectivity index (χ3v) is 29.4. The molecule has 5 saturated heterocycles. The predicted octanol–water partition coefficient (Wildman–Crippen LogP) is 3.05. The fourth-order valence-corrected chi connectivity index (χ4v) is 19.4. The number of hydrogen-bond donors (Lipinski definition) is 2. The Kier molecular flexibility index (Phi) is 49.7. The smallest absolute Gasteiger partial charge is 0.870 e. The van der Waals surface area contributed by atoms with Crippen LogP contribution in [0, 0.1) is 11.2 Å². The summed E-state index contributed by atoms with van der Waals surface area (Å²) in [6, 6.07) is 38.6. The molecule has 8 amide bonds. The van der Waals surface area contributed by atoms with Crippen molar-refractivity contribution in [3.63, 3.8) is 0 Å². The SMILES string of the molecule is C1CCOC1.CN(C(=O)c1ccccc1)[C@@H](CCCC(=O)O)C(=O)N1CCN(S(C)(=O)=O)CC1.CN(C(=O)c1ccccc1)[C@@H](CCCCCC1(C)C[C@H]1c1ccc(F)cc1)C(=O)N1CCN(S(C)(=O)=O)CC1.COC(=O)CCC[C@@H](C(=O)N1CCN(S(C)(=O)=O)CC1)N(C)C(=O)c1ccccc1.COC(=O)CCC[C@H](NC(=O)c1ccccc1)C(=O)N1CCN(S(C)(=O)=O)CC1.[B].[Li+].[OH-]. The molecule has 5 aromatic rings. The molecule has 5 aliphatic heterocycles. The van der Waals surface area contributed by atoms with E-state index in [9.17, 15) is 90.8 Å². The standard InChI is InChI=1S/C30H40FN3O4S.C20H29N3O6S.2C19H27N3O6S.C4H8O.B.Li.H2O/c1-30(22-26(30)23-13-15-25(31)16-14-23)17-9-5-8-12-27(32(2)28(35)24-10-6-4-7-11-24)29(36)33-18-20-34(21-19-33)39(3,37)38;1-21(19(25)16-8-5-4-6-9-16)17(10-7-11-18(24)29-2)20(26)22-12-14-23(15-13-22)30(3,27)28;1-28-17(23)10-6-9-16(20-18(24)15-7-4-3-5-8-15)19(25)21-11-13-22(14-12-21)29(2,26)27;1-20(18(25)15-7-4-3-5-8-15)16(9-6-10-17(23)24)19(26)21-11-13-22(14-12-21)29(2,27)28;1-2-4-5-3-1;;;/h4,6-7,10-11,13-16,26-27H,5,8-9,12,17-22H2,1-3H3;4-6,8-9,17H,7,10-15H2,1-3H3;3-5,7-8,16H,6,9-14H2,1-2H3,(H,20,24);3-5,7-8,16H,6,9-14H2,1-2H3,(H,23,24);1-4H2;;;1H2/q;;;;;;+1;/p-1/t26-,27-,30?;17-;2*16-;;;;/m0000..../s1. The number of carboxylic acid groups (broad SMARTS) is 1. The van der Waals surface area contributed by atoms with E-state index in [4.69, 9.17) is 9.84 Å². The second-order valence-electron chi connectivity index (χ2n) is 33.8. The monoisotopic (exact) mass is 1950 g/mol. The van der Waals surface area contributed by atoms with Crippen molar-refractivity contribution < 1.29 is 134 Å². The summed E-state index contributed by atoms with van der Waals surface area (Å²) in [6.45, 7) is 8.19. The van der Waals surface area contributed by atoms with Crippen LogP contribution in [0.2, 0.25) is 0 Å². The number of esters is 2. The van der Waals surface area contributed by atoms with E-state index in [1.807, 2.05) is 18.2 Å². The Morgan fingerprint density at radius 3 is 1.02 bits per heavy atom. The van der Waals surface area contributed by atoms with Crippen molar-refractivity contribution in [2.45, 2.75) is 146 Å². The maximum absolute atomic E-state index is 13.6. The van der Waals surface area contributed by atoms with Gasteiger partial charge in [-0.15, -0.1) is 0 Å². The number of hydrogen-bond acceptors (Lipinski definition) is 23. The van der Waals surface area contributed by atoms with E-state index in [-0.39, 0.29) is 233 Å². The normalized spacial score (nSPS) is 17.9. The molecule has 43 heteroatoms. The Morgan fingerprint density at radius 1 is 0.430 bits per heavy atom. The molecule has 5 heterocycles. The van der Waals surface area contributed by atoms with Gasteiger partial charge in [-0.3, -0.25) is 52.7 Å². The molecule has 1 aliphatic carbocycles. The summed E-state index contributed by atoms with van der Waals surface area (Å²) in [6.07, 6.45) is 14.7. The summed E-state index contributed by atoms with van der Waals surface area (Å²) in [7, 11) is -5.84. The number of piperazine rings is 4. The van der Waals surface area contributed by atoms with Crippen LogP contribution in [0.3, 0.4) is 0 Å². The van der Waals surface area contributed by atoms with Crippen molar-refractivity contribution in [1.29, 1.82) is 0 Å². The molecule has 36 nitrogen and oxygen atoms in total. The van der Waals surface area contributed by atoms with E-state index < -0.39 is 70.2 Å². The Hall–Kier alpha value is -9.58. The first-order chi connectivity index (χ1) is 62.5. The van der Waals surface area contributed by atoms with Crippen LogP contribution in [0.5, 0.6) is 0 Å². The minimum atomic E-state index is -3.32. The first-order valence-corrected chi connectivity index (χ1v) is 51.8. The van der Waals surface area contributed by atoms with Crippen molar-refractivity contribution in [3.8, 4) is 0 Å². The number of ether oxygens (including phenoxy) is 3. The second-order valence-corrected chi connectivity index (χ2v) is 41.8. The maximum atomic E-state index is 13.6. The molecule has 3 radical (unpaired) electrons. The number of carbonyl (C=O) groups excluding carboxylic acids is 10. The van der Waals surface area contributed by atoms with Crippen LogP contribution in [0.4, 0.5) is 4.39 Å². The molecule has 135 heavy (non-hydrogen) atoms. The zero-order valence-electron chi connectivity index (χ0n) is 79.4. The van der Waals surface area contributed by atoms with Gasteiger partial charge in [0.2, 0.25) is 63.7 Å². The number of likely N-dealkylation sites (N-methyl/N-ethyl adjacent to an activating group) is 3. The van der Waals surface area contributed by atoms with Crippen LogP contribution < -0.4 is 24.2 Å². The number of carbonyl (C=O) groups is 11. The summed E-state index contributed by atoms with van der Waals surface area (Å²) in [5.41, 5.74) is 3.29. The average Bonchev–Trinajstić information content (AvgIpc) is 1.60. The molecule has 3 N–H and O–H groups in total. The first kappa shape index (κ1) is 118. The third-order valence-electron chi connectivity index (χ3n) is 24.2. The van der Waals surface area contributed by atoms with Crippen molar-refractivity contribution in [2.75, 3.05) is 178 Å². The van der Waals surface area contributed by atoms with Crippen molar-refractivity contribution in [3.05, 3.63) is 179 Å². The fourth-order valence-electron chi connectivity index (χ4n) is 16.1. The Morgan fingerprint density at radius 2 is 0.726 bits per heavy atom. The molecule has 6 atom stereocenters. The van der Waals surface area contributed by atoms with Gasteiger partial charge in [-0.05, 0) is 148 Å². The summed E-state index contributed by atoms with van der Waals surface area (Å²) < 4.78 is 127. The number of methoxy groups -OCH3 is 2. The van der Waals surface area contributed by atoms with Crippen LogP contribution in [0.15, 0.2) is 146 Å². The van der Waals surface area contributed by atoms with Gasteiger partial charge in [0.15, 0.2) is 0 Å². The fraction of sp³-hybridized carbons (Fsp3) is 0.554. The number of amides is 8. The molecular weight excluding hydrogens is 1820 g/mol. The van der Waals surface area contributed by atoms with E-state index in [0.29, 0.717) is 66.9 Å². The van der Waals surface area contributed by atoms with Gasteiger partial charge in [0.1, 0.15) is 30.0 Å². The van der Waals surface area contributed by atoms with Crippen LogP contribution in [-0.4, -0.2) is 372 Å². The number of aliphatic carboxylic acids is 1. The molecule has 0 spiro atoms. The van der Waals surface area contributed by atoms with Crippen molar-refractivity contribution >= 4 is 114 Å². The van der Waals surface area contributed by atoms with E-state index in [1.54, 1.807) is 154 Å². The zero-order valence-corrected chi connectivity index (χ0v) is 82.6. The van der Waals surface area contributed by atoms with Gasteiger partial charge >= 0.3 is 36.8 Å². The molecule has 1 unspecified atom stereocenters. The van der Waals surface area contributed by atoms with Gasteiger partial charge in [-0.1, -0.05) is 111 Å². The van der Waals surface area contributed by atoms with Crippen LogP contribution in [0.25, 0.3) is 0 Å². The van der Waals surface area contributed by atoms with Crippen LogP contribution in [-0.2, 0) is 87.9 Å². The Labute approximate surface area is 808 Å². The number of benzene rings is 5. The minimum absolute atomic E-state index is 0. The van der Waals surface area contributed by atoms with Crippen LogP contribution >= 0.6 is 0 Å². The Bertz CT molecular complexity index is 5100. The average molecular weight is 1960 g/mol. The molecule has 6 fully saturated rings. The van der Waals surface area contributed by atoms with Gasteiger partial charge in [0.25, 0.3) is 23.6 Å². The zero-order chi connectivity index (χ0) is 97.1. The molecule has 0 bridgehead atoms. The number of carboxylic acids is 1. The molecule has 6 aliphatic rings. The summed E-state index contributed by atoms with van der Waals surface area (Å²) >= 11 is 0. The number of sulfonamides is 4. The summed E-state index contributed by atoms with van der Waals surface area (Å²) in [4.78, 5) is 149. The third kappa shape index (κ3) is 38.0. The van der Waals surface area contributed by atoms with Gasteiger partial charge in [0, 0.05) is 189 Å². The summed E-state index contributed by atoms with van der Waals surface area (Å²) in [5, 5.41) is 11.7. The van der Waals surface area contributed by atoms with Gasteiger partial charge in [-0.25, -0.2) is 38.1 Å². The van der Waals surface area contributed by atoms with Gasteiger partial charge < -0.3 is 64.4 Å². The van der Waals surface area contributed by atoms with Gasteiger partial charge in [-0.2, -0.15) is 17.2 Å². The molecule has 11 rings (SSSR count). The van der Waals surface area contributed by atoms with Crippen molar-refractivity contribution in [2.24, 2.45) is 5.41 Å². The number of halogens is 1. The van der Waals surface area contributed by atoms with E-state index >= 15 is 0 Å². The minimum Gasteiger partial charge on any atom is -0.870 e. The van der Waals surface area contributed by atoms with Crippen molar-refractivity contribution in [1.82, 2.24) is 56.8 Å². The van der Waals surface area contributed by atoms with E-state index in [1.165, 1.54) is 85.1 Å². The van der Waals surface area contributed by atoms with Crippen LogP contribution in [0.1, 0.15) is 169 Å². The maximum Gasteiger partial charge on any atom is 1.00 e. The molecular formula is C92H132BFLiN12O24S4. The molecule has 1 saturated carbocycles. The van der Waals surface area contributed by atoms with E-state index in [0.717, 1.165) is 64.1 Å². The largest absolute Gasteiger partial charge is 1.00 e. The predicted molar refractivity (Wildman–Crippen MR) is 503 cm³/mol. The number of nitrogens with zero attached hydrogens (tertiary/aromatic N) is 11.